The van der Waals surface area contributed by atoms with E-state index in [-0.39, 0.29) is 23.5 Å². The van der Waals surface area contributed by atoms with Crippen LogP contribution in [0.1, 0.15) is 24.1 Å². The molecule has 0 aliphatic heterocycles. The Bertz CT molecular complexity index is 1250. The first-order valence-electron chi connectivity index (χ1n) is 10.6. The number of sulfonamides is 1. The first-order valence-corrected chi connectivity index (χ1v) is 12.0. The topological polar surface area (TPSA) is 103 Å². The average molecular weight is 485 g/mol. The summed E-state index contributed by atoms with van der Waals surface area (Å²) in [6, 6.07) is 18.3. The Hall–Kier alpha value is -3.72. The van der Waals surface area contributed by atoms with Gasteiger partial charge >= 0.3 is 0 Å². The van der Waals surface area contributed by atoms with Crippen LogP contribution in [0.2, 0.25) is 0 Å². The monoisotopic (exact) mass is 484 g/mol. The third kappa shape index (κ3) is 6.20. The van der Waals surface area contributed by atoms with Crippen LogP contribution >= 0.6 is 0 Å². The molecule has 0 saturated heterocycles. The van der Waals surface area contributed by atoms with Gasteiger partial charge in [-0.3, -0.25) is 9.52 Å². The van der Waals surface area contributed by atoms with E-state index >= 15 is 0 Å². The molecule has 0 fully saturated rings. The fourth-order valence-electron chi connectivity index (χ4n) is 3.30. The minimum Gasteiger partial charge on any atom is -0.493 e. The molecule has 0 aromatic heterocycles. The summed E-state index contributed by atoms with van der Waals surface area (Å²) in [5.41, 5.74) is 1.92. The summed E-state index contributed by atoms with van der Waals surface area (Å²) in [5.74, 6) is 1.29. The molecule has 0 spiro atoms. The van der Waals surface area contributed by atoms with Crippen LogP contribution in [0.25, 0.3) is 0 Å². The Kier molecular flexibility index (Phi) is 8.01. The zero-order chi connectivity index (χ0) is 24.7. The third-order valence-corrected chi connectivity index (χ3v) is 6.51. The van der Waals surface area contributed by atoms with Crippen molar-refractivity contribution in [2.75, 3.05) is 25.5 Å². The standard InChI is InChI=1S/C25H28N2O6S/c1-17-14-21(34(29,30)27-20-8-6-5-7-9-20)11-13-22(17)33-16-25(28)26-18(2)19-10-12-23(31-3)24(15-19)32-4/h5-15,18,27H,16H2,1-4H3,(H,26,28)/t18-/m1/s1. The van der Waals surface area contributed by atoms with Crippen molar-refractivity contribution in [1.29, 1.82) is 0 Å². The lowest BCUT2D eigenvalue weighted by Crippen LogP contribution is -2.31. The van der Waals surface area contributed by atoms with Crippen LogP contribution < -0.4 is 24.2 Å². The lowest BCUT2D eigenvalue weighted by molar-refractivity contribution is -0.123. The van der Waals surface area contributed by atoms with Crippen molar-refractivity contribution in [3.05, 3.63) is 77.9 Å². The lowest BCUT2D eigenvalue weighted by Gasteiger charge is -2.17. The normalized spacial score (nSPS) is 11.9. The summed E-state index contributed by atoms with van der Waals surface area (Å²) in [6.45, 7) is 3.36. The number of carbonyl (C=O) groups is 1. The van der Waals surface area contributed by atoms with Crippen LogP contribution in [0.3, 0.4) is 0 Å². The molecule has 0 aliphatic carbocycles. The van der Waals surface area contributed by atoms with Crippen molar-refractivity contribution in [3.8, 4) is 17.2 Å². The van der Waals surface area contributed by atoms with Gasteiger partial charge in [0.15, 0.2) is 18.1 Å². The molecule has 0 aliphatic rings. The predicted molar refractivity (Wildman–Crippen MR) is 130 cm³/mol. The van der Waals surface area contributed by atoms with E-state index in [1.54, 1.807) is 69.7 Å². The minimum atomic E-state index is -3.75. The molecule has 8 nitrogen and oxygen atoms in total. The Morgan fingerprint density at radius 2 is 1.59 bits per heavy atom. The highest BCUT2D eigenvalue weighted by Crippen LogP contribution is 2.30. The molecule has 180 valence electrons. The molecular weight excluding hydrogens is 456 g/mol. The molecule has 2 N–H and O–H groups in total. The largest absolute Gasteiger partial charge is 0.493 e. The molecule has 3 aromatic rings. The predicted octanol–water partition coefficient (Wildman–Crippen LogP) is 4.07. The zero-order valence-corrected chi connectivity index (χ0v) is 20.3. The molecule has 0 radical (unpaired) electrons. The Balaban J connectivity index is 1.60. The van der Waals surface area contributed by atoms with Crippen LogP contribution in [-0.4, -0.2) is 35.2 Å². The average Bonchev–Trinajstić information content (AvgIpc) is 2.83. The third-order valence-electron chi connectivity index (χ3n) is 5.13. The quantitative estimate of drug-likeness (QED) is 0.450. The fraction of sp³-hybridized carbons (Fsp3) is 0.240. The number of methoxy groups -OCH3 is 2. The Labute approximate surface area is 199 Å². The van der Waals surface area contributed by atoms with E-state index in [9.17, 15) is 13.2 Å². The number of anilines is 1. The van der Waals surface area contributed by atoms with Gasteiger partial charge in [-0.25, -0.2) is 8.42 Å². The van der Waals surface area contributed by atoms with Gasteiger partial charge in [-0.15, -0.1) is 0 Å². The number of para-hydroxylation sites is 1. The summed E-state index contributed by atoms with van der Waals surface area (Å²) >= 11 is 0. The molecule has 9 heteroatoms. The molecule has 0 bridgehead atoms. The molecule has 0 saturated carbocycles. The Morgan fingerprint density at radius 1 is 0.912 bits per heavy atom. The highest BCUT2D eigenvalue weighted by atomic mass is 32.2. The molecule has 1 atom stereocenters. The zero-order valence-electron chi connectivity index (χ0n) is 19.5. The number of benzene rings is 3. The van der Waals surface area contributed by atoms with E-state index in [0.29, 0.717) is 28.5 Å². The van der Waals surface area contributed by atoms with Gasteiger partial charge in [-0.05, 0) is 67.4 Å². The lowest BCUT2D eigenvalue weighted by atomic mass is 10.1. The number of nitrogens with one attached hydrogen (secondary N) is 2. The number of carbonyl (C=O) groups excluding carboxylic acids is 1. The van der Waals surface area contributed by atoms with E-state index in [1.807, 2.05) is 13.0 Å². The molecule has 0 heterocycles. The SMILES string of the molecule is COc1ccc([C@@H](C)NC(=O)COc2ccc(S(=O)(=O)Nc3ccccc3)cc2C)cc1OC. The maximum atomic E-state index is 12.6. The minimum absolute atomic E-state index is 0.104. The number of hydrogen-bond donors (Lipinski definition) is 2. The van der Waals surface area contributed by atoms with Gasteiger partial charge in [-0.2, -0.15) is 0 Å². The smallest absolute Gasteiger partial charge is 0.261 e. The second-order valence-electron chi connectivity index (χ2n) is 7.59. The summed E-state index contributed by atoms with van der Waals surface area (Å²) in [5, 5.41) is 2.87. The van der Waals surface area contributed by atoms with Gasteiger partial charge < -0.3 is 19.5 Å². The first kappa shape index (κ1) is 24.9. The fourth-order valence-corrected chi connectivity index (χ4v) is 4.45. The molecular formula is C25H28N2O6S. The maximum Gasteiger partial charge on any atom is 0.261 e. The second-order valence-corrected chi connectivity index (χ2v) is 9.27. The highest BCUT2D eigenvalue weighted by molar-refractivity contribution is 7.92. The first-order chi connectivity index (χ1) is 16.2. The van der Waals surface area contributed by atoms with E-state index < -0.39 is 10.0 Å². The number of aryl methyl sites for hydroxylation is 1. The van der Waals surface area contributed by atoms with Gasteiger partial charge in [0.2, 0.25) is 0 Å². The van der Waals surface area contributed by atoms with E-state index in [1.165, 1.54) is 12.1 Å². The van der Waals surface area contributed by atoms with Crippen molar-refractivity contribution < 1.29 is 27.4 Å². The molecule has 1 amide bonds. The highest BCUT2D eigenvalue weighted by Gasteiger charge is 2.17. The van der Waals surface area contributed by atoms with Gasteiger partial charge in [0.1, 0.15) is 5.75 Å². The van der Waals surface area contributed by atoms with Crippen LogP contribution in [0.4, 0.5) is 5.69 Å². The van der Waals surface area contributed by atoms with Gasteiger partial charge in [0.05, 0.1) is 25.2 Å². The Morgan fingerprint density at radius 3 is 2.24 bits per heavy atom. The second kappa shape index (κ2) is 10.9. The van der Waals surface area contributed by atoms with Gasteiger partial charge in [-0.1, -0.05) is 24.3 Å². The van der Waals surface area contributed by atoms with Crippen LogP contribution in [0.15, 0.2) is 71.6 Å². The number of hydrogen-bond acceptors (Lipinski definition) is 6. The van der Waals surface area contributed by atoms with Crippen LogP contribution in [0.5, 0.6) is 17.2 Å². The number of ether oxygens (including phenoxy) is 3. The molecule has 3 rings (SSSR count). The summed E-state index contributed by atoms with van der Waals surface area (Å²) in [7, 11) is -0.635. The molecule has 3 aromatic carbocycles. The van der Waals surface area contributed by atoms with Gasteiger partial charge in [0, 0.05) is 5.69 Å². The van der Waals surface area contributed by atoms with Crippen molar-refractivity contribution >= 4 is 21.6 Å². The van der Waals surface area contributed by atoms with Crippen molar-refractivity contribution in [1.82, 2.24) is 5.32 Å². The van der Waals surface area contributed by atoms with Crippen molar-refractivity contribution in [2.45, 2.75) is 24.8 Å². The summed E-state index contributed by atoms with van der Waals surface area (Å²) in [4.78, 5) is 12.5. The number of amides is 1. The maximum absolute atomic E-state index is 12.6. The van der Waals surface area contributed by atoms with Crippen LogP contribution in [-0.2, 0) is 14.8 Å². The van der Waals surface area contributed by atoms with E-state index in [4.69, 9.17) is 14.2 Å². The van der Waals surface area contributed by atoms with Crippen molar-refractivity contribution in [2.24, 2.45) is 0 Å². The molecule has 34 heavy (non-hydrogen) atoms. The summed E-state index contributed by atoms with van der Waals surface area (Å²) < 4.78 is 44.0. The van der Waals surface area contributed by atoms with Gasteiger partial charge in [0.25, 0.3) is 15.9 Å². The van der Waals surface area contributed by atoms with Crippen LogP contribution in [0, 0.1) is 6.92 Å². The number of rotatable bonds is 10. The summed E-state index contributed by atoms with van der Waals surface area (Å²) in [6.07, 6.45) is 0. The van der Waals surface area contributed by atoms with Crippen molar-refractivity contribution in [3.63, 3.8) is 0 Å². The molecule has 0 unspecified atom stereocenters. The van der Waals surface area contributed by atoms with E-state index in [2.05, 4.69) is 10.0 Å². The van der Waals surface area contributed by atoms with E-state index in [0.717, 1.165) is 5.56 Å².